The van der Waals surface area contributed by atoms with Crippen LogP contribution in [0.25, 0.3) is 0 Å². The first kappa shape index (κ1) is 15.1. The number of thioether (sulfide) groups is 1. The molecular weight excluding hydrogens is 274 g/mol. The van der Waals surface area contributed by atoms with Crippen LogP contribution in [0.15, 0.2) is 4.52 Å². The van der Waals surface area contributed by atoms with Crippen molar-refractivity contribution in [1.29, 1.82) is 0 Å². The average Bonchev–Trinajstić information content (AvgIpc) is 2.96. The topological polar surface area (TPSA) is 70.8 Å². The average molecular weight is 295 g/mol. The van der Waals surface area contributed by atoms with Crippen LogP contribution in [0.1, 0.15) is 28.7 Å². The van der Waals surface area contributed by atoms with E-state index in [1.165, 1.54) is 5.56 Å². The fourth-order valence-corrected chi connectivity index (χ4v) is 2.47. The van der Waals surface area contributed by atoms with Gasteiger partial charge in [-0.2, -0.15) is 21.8 Å². The maximum absolute atomic E-state index is 5.24. The summed E-state index contributed by atoms with van der Waals surface area (Å²) in [4.78, 5) is 6.54. The van der Waals surface area contributed by atoms with Crippen molar-refractivity contribution < 1.29 is 4.52 Å². The number of rotatable bonds is 7. The van der Waals surface area contributed by atoms with E-state index in [0.29, 0.717) is 12.4 Å². The van der Waals surface area contributed by atoms with Crippen molar-refractivity contribution >= 4 is 11.8 Å². The van der Waals surface area contributed by atoms with Gasteiger partial charge in [0.15, 0.2) is 5.82 Å². The number of likely N-dealkylation sites (N-methyl/N-ethyl adjacent to an activating group) is 1. The van der Waals surface area contributed by atoms with Gasteiger partial charge in [0.25, 0.3) is 0 Å². The number of nitrogens with zero attached hydrogens (tertiary/aromatic N) is 4. The van der Waals surface area contributed by atoms with E-state index in [0.717, 1.165) is 35.9 Å². The second kappa shape index (κ2) is 6.90. The molecule has 0 fully saturated rings. The Hall–Kier alpha value is -1.34. The molecule has 6 nitrogen and oxygen atoms in total. The second-order valence-corrected chi connectivity index (χ2v) is 5.80. The van der Waals surface area contributed by atoms with E-state index >= 15 is 0 Å². The van der Waals surface area contributed by atoms with Crippen LogP contribution >= 0.6 is 11.8 Å². The van der Waals surface area contributed by atoms with Crippen molar-refractivity contribution in [2.45, 2.75) is 32.6 Å². The molecule has 0 saturated heterocycles. The van der Waals surface area contributed by atoms with Gasteiger partial charge < -0.3 is 4.52 Å². The highest BCUT2D eigenvalue weighted by molar-refractivity contribution is 7.97. The Morgan fingerprint density at radius 1 is 1.35 bits per heavy atom. The number of hydrogen-bond acceptors (Lipinski definition) is 6. The van der Waals surface area contributed by atoms with Gasteiger partial charge in [-0.1, -0.05) is 5.16 Å². The number of H-pyrrole nitrogens is 1. The molecular formula is C13H21N5OS. The lowest BCUT2D eigenvalue weighted by atomic mass is 10.1. The Bertz CT molecular complexity index is 531. The molecule has 0 aliphatic carbocycles. The molecule has 0 aromatic carbocycles. The Morgan fingerprint density at radius 2 is 2.15 bits per heavy atom. The summed E-state index contributed by atoms with van der Waals surface area (Å²) >= 11 is 1.69. The highest BCUT2D eigenvalue weighted by Gasteiger charge is 2.11. The van der Waals surface area contributed by atoms with Crippen LogP contribution < -0.4 is 0 Å². The lowest BCUT2D eigenvalue weighted by Gasteiger charge is -2.13. The van der Waals surface area contributed by atoms with Gasteiger partial charge in [0.05, 0.1) is 18.0 Å². The zero-order chi connectivity index (χ0) is 14.5. The van der Waals surface area contributed by atoms with Gasteiger partial charge in [0.2, 0.25) is 5.89 Å². The quantitative estimate of drug-likeness (QED) is 0.842. The lowest BCUT2D eigenvalue weighted by Crippen LogP contribution is -2.21. The first-order valence-electron chi connectivity index (χ1n) is 6.59. The fraction of sp³-hybridized carbons (Fsp3) is 0.615. The summed E-state index contributed by atoms with van der Waals surface area (Å²) in [6, 6.07) is 0. The normalized spacial score (nSPS) is 11.4. The zero-order valence-electron chi connectivity index (χ0n) is 12.4. The number of nitrogens with one attached hydrogen (secondary N) is 1. The molecule has 2 aromatic rings. The minimum atomic E-state index is 0.678. The third kappa shape index (κ3) is 3.83. The van der Waals surface area contributed by atoms with Crippen molar-refractivity contribution in [1.82, 2.24) is 25.2 Å². The third-order valence-corrected chi connectivity index (χ3v) is 3.76. The molecule has 0 radical (unpaired) electrons. The largest absolute Gasteiger partial charge is 0.338 e. The van der Waals surface area contributed by atoms with Crippen molar-refractivity contribution in [2.75, 3.05) is 19.8 Å². The fourth-order valence-electron chi connectivity index (χ4n) is 2.10. The molecule has 0 spiro atoms. The molecule has 2 aromatic heterocycles. The van der Waals surface area contributed by atoms with Crippen molar-refractivity contribution in [3.05, 3.63) is 28.7 Å². The van der Waals surface area contributed by atoms with E-state index < -0.39 is 0 Å². The molecule has 7 heteroatoms. The molecule has 0 amide bonds. The molecule has 0 aliphatic rings. The minimum absolute atomic E-state index is 0.678. The highest BCUT2D eigenvalue weighted by Crippen LogP contribution is 2.11. The van der Waals surface area contributed by atoms with Crippen LogP contribution in [-0.2, 0) is 18.7 Å². The van der Waals surface area contributed by atoms with Gasteiger partial charge in [0, 0.05) is 12.2 Å². The van der Waals surface area contributed by atoms with Gasteiger partial charge in [-0.3, -0.25) is 10.00 Å². The maximum Gasteiger partial charge on any atom is 0.240 e. The number of aryl methyl sites for hydroxylation is 2. The van der Waals surface area contributed by atoms with Crippen LogP contribution in [0.4, 0.5) is 0 Å². The molecule has 2 heterocycles. The summed E-state index contributed by atoms with van der Waals surface area (Å²) in [7, 11) is 2.06. The van der Waals surface area contributed by atoms with Crippen LogP contribution in [0.5, 0.6) is 0 Å². The standard InChI is InChI=1S/C13H21N5OS/c1-9-11(10(2)16-15-9)5-6-18(3)7-13-14-12(8-20-4)17-19-13/h5-8H2,1-4H3,(H,15,16). The molecule has 0 atom stereocenters. The molecule has 110 valence electrons. The lowest BCUT2D eigenvalue weighted by molar-refractivity contribution is 0.268. The summed E-state index contributed by atoms with van der Waals surface area (Å²) < 4.78 is 5.24. The molecule has 0 unspecified atom stereocenters. The van der Waals surface area contributed by atoms with E-state index in [1.54, 1.807) is 11.8 Å². The van der Waals surface area contributed by atoms with E-state index in [4.69, 9.17) is 4.52 Å². The highest BCUT2D eigenvalue weighted by atomic mass is 32.2. The van der Waals surface area contributed by atoms with Gasteiger partial charge >= 0.3 is 0 Å². The third-order valence-electron chi connectivity index (χ3n) is 3.21. The Balaban J connectivity index is 1.84. The second-order valence-electron chi connectivity index (χ2n) is 4.94. The van der Waals surface area contributed by atoms with Crippen molar-refractivity contribution in [2.24, 2.45) is 0 Å². The Morgan fingerprint density at radius 3 is 2.80 bits per heavy atom. The first-order chi connectivity index (χ1) is 9.60. The number of aromatic amines is 1. The summed E-state index contributed by atoms with van der Waals surface area (Å²) in [6.07, 6.45) is 2.99. The van der Waals surface area contributed by atoms with E-state index in [2.05, 4.69) is 39.2 Å². The number of aromatic nitrogens is 4. The Kier molecular flexibility index (Phi) is 5.19. The van der Waals surface area contributed by atoms with Crippen LogP contribution in [0.2, 0.25) is 0 Å². The van der Waals surface area contributed by atoms with Crippen LogP contribution in [-0.4, -0.2) is 45.1 Å². The predicted octanol–water partition coefficient (Wildman–Crippen LogP) is 1.95. The van der Waals surface area contributed by atoms with Gasteiger partial charge in [-0.15, -0.1) is 0 Å². The number of hydrogen-bond donors (Lipinski definition) is 1. The predicted molar refractivity (Wildman–Crippen MR) is 79.6 cm³/mol. The summed E-state index contributed by atoms with van der Waals surface area (Å²) in [6.45, 7) is 5.70. The summed E-state index contributed by atoms with van der Waals surface area (Å²) in [5.74, 6) is 2.24. The van der Waals surface area contributed by atoms with Gasteiger partial charge in [0.1, 0.15) is 0 Å². The van der Waals surface area contributed by atoms with Crippen molar-refractivity contribution in [3.8, 4) is 0 Å². The SMILES string of the molecule is CSCc1noc(CN(C)CCc2c(C)n[nH]c2C)n1. The van der Waals surface area contributed by atoms with Crippen LogP contribution in [0, 0.1) is 13.8 Å². The Labute approximate surface area is 123 Å². The van der Waals surface area contributed by atoms with Crippen LogP contribution in [0.3, 0.4) is 0 Å². The monoisotopic (exact) mass is 295 g/mol. The van der Waals surface area contributed by atoms with Crippen molar-refractivity contribution in [3.63, 3.8) is 0 Å². The maximum atomic E-state index is 5.24. The van der Waals surface area contributed by atoms with E-state index in [-0.39, 0.29) is 0 Å². The van der Waals surface area contributed by atoms with E-state index in [1.807, 2.05) is 13.2 Å². The van der Waals surface area contributed by atoms with E-state index in [9.17, 15) is 0 Å². The summed E-state index contributed by atoms with van der Waals surface area (Å²) in [5, 5.41) is 11.2. The minimum Gasteiger partial charge on any atom is -0.338 e. The molecule has 0 aliphatic heterocycles. The smallest absolute Gasteiger partial charge is 0.240 e. The molecule has 0 bridgehead atoms. The van der Waals surface area contributed by atoms with Gasteiger partial charge in [-0.05, 0) is 39.1 Å². The zero-order valence-corrected chi connectivity index (χ0v) is 13.3. The molecule has 2 rings (SSSR count). The molecule has 1 N–H and O–H groups in total. The van der Waals surface area contributed by atoms with Gasteiger partial charge in [-0.25, -0.2) is 0 Å². The first-order valence-corrected chi connectivity index (χ1v) is 7.99. The molecule has 20 heavy (non-hydrogen) atoms. The molecule has 0 saturated carbocycles. The summed E-state index contributed by atoms with van der Waals surface area (Å²) in [5.41, 5.74) is 3.53.